The van der Waals surface area contributed by atoms with Crippen LogP contribution in [0.3, 0.4) is 0 Å². The second kappa shape index (κ2) is 14.1. The number of hydrogen-bond acceptors (Lipinski definition) is 8. The van der Waals surface area contributed by atoms with E-state index in [0.29, 0.717) is 52.6 Å². The number of esters is 1. The summed E-state index contributed by atoms with van der Waals surface area (Å²) < 4.78 is 24.8. The van der Waals surface area contributed by atoms with Gasteiger partial charge < -0.3 is 18.9 Å². The van der Waals surface area contributed by atoms with Crippen molar-refractivity contribution >= 4 is 23.4 Å². The minimum absolute atomic E-state index is 0.242. The number of carbonyl (C=O) groups excluding carboxylic acids is 1. The van der Waals surface area contributed by atoms with Crippen LogP contribution in [0.25, 0.3) is 6.08 Å². The Bertz CT molecular complexity index is 1870. The van der Waals surface area contributed by atoms with Crippen LogP contribution in [0.2, 0.25) is 0 Å². The Morgan fingerprint density at radius 1 is 0.977 bits per heavy atom. The lowest BCUT2D eigenvalue weighted by Gasteiger charge is -2.23. The lowest BCUT2D eigenvalue weighted by molar-refractivity contribution is -0.136. The van der Waals surface area contributed by atoms with Gasteiger partial charge in [-0.3, -0.25) is 9.36 Å². The monoisotopic (exact) mass is 610 g/mol. The van der Waals surface area contributed by atoms with E-state index >= 15 is 0 Å². The third-order valence-corrected chi connectivity index (χ3v) is 7.99. The standard InChI is InChI=1S/C35H34N2O6S/c1-5-11-25-18-24(14-16-28(25)43-22-23-12-9-8-10-13-23)19-31-33(38)37-32(27(34(39)40-4)21-36-35(37)44-31)26-15-17-29(41-6-2)30(20-26)42-7-3/h5,8-10,12-21,32H,1,6-7,11,22H2,2-4H3/b31-19-/t32-/m1/s1. The third kappa shape index (κ3) is 6.53. The smallest absolute Gasteiger partial charge is 0.337 e. The third-order valence-electron chi connectivity index (χ3n) is 6.99. The van der Waals surface area contributed by atoms with Gasteiger partial charge in [0.2, 0.25) is 0 Å². The number of hydrogen-bond donors (Lipinski definition) is 0. The van der Waals surface area contributed by atoms with Gasteiger partial charge in [0, 0.05) is 6.20 Å². The molecule has 0 spiro atoms. The van der Waals surface area contributed by atoms with E-state index in [1.54, 1.807) is 12.1 Å². The van der Waals surface area contributed by atoms with Gasteiger partial charge in [0.05, 0.1) is 36.5 Å². The summed E-state index contributed by atoms with van der Waals surface area (Å²) in [6.45, 7) is 9.02. The average molecular weight is 611 g/mol. The van der Waals surface area contributed by atoms with Gasteiger partial charge >= 0.3 is 5.97 Å². The molecule has 0 radical (unpaired) electrons. The zero-order valence-corrected chi connectivity index (χ0v) is 25.8. The van der Waals surface area contributed by atoms with Gasteiger partial charge in [-0.1, -0.05) is 59.9 Å². The van der Waals surface area contributed by atoms with Gasteiger partial charge in [-0.05, 0) is 72.9 Å². The highest BCUT2D eigenvalue weighted by Crippen LogP contribution is 2.35. The molecule has 4 aromatic rings. The van der Waals surface area contributed by atoms with Crippen molar-refractivity contribution in [3.8, 4) is 17.2 Å². The van der Waals surface area contributed by atoms with E-state index in [4.69, 9.17) is 18.9 Å². The van der Waals surface area contributed by atoms with E-state index in [1.165, 1.54) is 29.2 Å². The van der Waals surface area contributed by atoms with E-state index in [2.05, 4.69) is 11.6 Å². The molecule has 3 aromatic carbocycles. The summed E-state index contributed by atoms with van der Waals surface area (Å²) in [6, 6.07) is 20.5. The number of thiazole rings is 1. The van der Waals surface area contributed by atoms with Gasteiger partial charge in [0.25, 0.3) is 5.56 Å². The molecule has 0 saturated carbocycles. The number of carbonyl (C=O) groups is 1. The SMILES string of the molecule is C=CCc1cc(/C=c2\sc3n(c2=O)[C@H](c2ccc(OCC)c(OCC)c2)C(C(=O)OC)=CN=3)ccc1OCc1ccccc1. The van der Waals surface area contributed by atoms with Gasteiger partial charge in [0.15, 0.2) is 16.3 Å². The first kappa shape index (κ1) is 30.6. The Labute approximate surface area is 259 Å². The molecular weight excluding hydrogens is 576 g/mol. The van der Waals surface area contributed by atoms with Crippen molar-refractivity contribution < 1.29 is 23.7 Å². The normalized spacial score (nSPS) is 14.2. The fraction of sp³-hybridized carbons (Fsp3) is 0.229. The van der Waals surface area contributed by atoms with Gasteiger partial charge in [-0.25, -0.2) is 9.79 Å². The van der Waals surface area contributed by atoms with Crippen LogP contribution in [0.15, 0.2) is 101 Å². The Morgan fingerprint density at radius 3 is 2.45 bits per heavy atom. The molecule has 1 atom stereocenters. The van der Waals surface area contributed by atoms with Crippen molar-refractivity contribution in [2.45, 2.75) is 32.9 Å². The summed E-state index contributed by atoms with van der Waals surface area (Å²) >= 11 is 1.26. The van der Waals surface area contributed by atoms with E-state index in [-0.39, 0.29) is 11.1 Å². The van der Waals surface area contributed by atoms with Crippen molar-refractivity contribution in [3.05, 3.63) is 133 Å². The quantitative estimate of drug-likeness (QED) is 0.163. The van der Waals surface area contributed by atoms with Crippen LogP contribution in [0.4, 0.5) is 0 Å². The predicted octanol–water partition coefficient (Wildman–Crippen LogP) is 5.12. The van der Waals surface area contributed by atoms with Crippen molar-refractivity contribution in [1.82, 2.24) is 4.57 Å². The molecule has 5 rings (SSSR count). The highest BCUT2D eigenvalue weighted by molar-refractivity contribution is 7.07. The number of rotatable bonds is 12. The Hall–Kier alpha value is -4.89. The van der Waals surface area contributed by atoms with Crippen molar-refractivity contribution in [2.75, 3.05) is 20.3 Å². The average Bonchev–Trinajstić information content (AvgIpc) is 3.36. The van der Waals surface area contributed by atoms with Gasteiger partial charge in [-0.15, -0.1) is 6.58 Å². The molecule has 0 saturated heterocycles. The molecule has 2 heterocycles. The molecule has 1 aliphatic heterocycles. The number of benzene rings is 3. The van der Waals surface area contributed by atoms with E-state index in [1.807, 2.05) is 80.6 Å². The van der Waals surface area contributed by atoms with Crippen LogP contribution in [0, 0.1) is 0 Å². The molecule has 1 aliphatic rings. The highest BCUT2D eigenvalue weighted by atomic mass is 32.1. The van der Waals surface area contributed by atoms with E-state index < -0.39 is 12.0 Å². The maximum absolute atomic E-state index is 14.0. The molecule has 9 heteroatoms. The minimum atomic E-state index is -0.763. The van der Waals surface area contributed by atoms with Crippen LogP contribution in [0.5, 0.6) is 17.2 Å². The summed E-state index contributed by atoms with van der Waals surface area (Å²) in [7, 11) is 1.31. The zero-order valence-electron chi connectivity index (χ0n) is 24.9. The number of aromatic nitrogens is 1. The van der Waals surface area contributed by atoms with Gasteiger partial charge in [-0.2, -0.15) is 0 Å². The van der Waals surface area contributed by atoms with Crippen LogP contribution in [-0.4, -0.2) is 30.9 Å². The van der Waals surface area contributed by atoms with Gasteiger partial charge in [0.1, 0.15) is 12.4 Å². The Balaban J connectivity index is 1.56. The molecule has 0 N–H and O–H groups in total. The predicted molar refractivity (Wildman–Crippen MR) is 171 cm³/mol. The highest BCUT2D eigenvalue weighted by Gasteiger charge is 2.31. The van der Waals surface area contributed by atoms with Crippen LogP contribution >= 0.6 is 11.3 Å². The summed E-state index contributed by atoms with van der Waals surface area (Å²) in [5.74, 6) is 1.30. The fourth-order valence-corrected chi connectivity index (χ4v) is 5.99. The molecule has 8 nitrogen and oxygen atoms in total. The summed E-state index contributed by atoms with van der Waals surface area (Å²) in [6.07, 6.45) is 5.74. The largest absolute Gasteiger partial charge is 0.490 e. The Morgan fingerprint density at radius 2 is 1.73 bits per heavy atom. The van der Waals surface area contributed by atoms with E-state index in [0.717, 1.165) is 22.4 Å². The Kier molecular flexibility index (Phi) is 9.76. The fourth-order valence-electron chi connectivity index (χ4n) is 5.02. The molecule has 0 fully saturated rings. The lowest BCUT2D eigenvalue weighted by Crippen LogP contribution is -2.39. The first-order valence-electron chi connectivity index (χ1n) is 14.4. The van der Waals surface area contributed by atoms with Crippen molar-refractivity contribution in [1.29, 1.82) is 0 Å². The summed E-state index contributed by atoms with van der Waals surface area (Å²) in [4.78, 5) is 31.8. The van der Waals surface area contributed by atoms with E-state index in [9.17, 15) is 9.59 Å². The molecule has 0 unspecified atom stereocenters. The maximum atomic E-state index is 14.0. The zero-order chi connectivity index (χ0) is 31.1. The minimum Gasteiger partial charge on any atom is -0.490 e. The lowest BCUT2D eigenvalue weighted by atomic mass is 9.97. The molecule has 1 aromatic heterocycles. The van der Waals surface area contributed by atoms with Crippen molar-refractivity contribution in [3.63, 3.8) is 0 Å². The first-order chi connectivity index (χ1) is 21.5. The van der Waals surface area contributed by atoms with Crippen molar-refractivity contribution in [2.24, 2.45) is 4.99 Å². The number of allylic oxidation sites excluding steroid dienone is 1. The number of ether oxygens (including phenoxy) is 4. The number of fused-ring (bicyclic) bond motifs is 1. The molecule has 0 bridgehead atoms. The van der Waals surface area contributed by atoms with Crippen LogP contribution < -0.4 is 29.1 Å². The first-order valence-corrected chi connectivity index (χ1v) is 15.2. The molecule has 0 amide bonds. The second-order valence-electron chi connectivity index (χ2n) is 9.88. The molecule has 44 heavy (non-hydrogen) atoms. The summed E-state index contributed by atoms with van der Waals surface area (Å²) in [5.41, 5.74) is 3.51. The van der Waals surface area contributed by atoms with Crippen LogP contribution in [-0.2, 0) is 22.6 Å². The topological polar surface area (TPSA) is 88.4 Å². The molecule has 0 aliphatic carbocycles. The molecular formula is C35H34N2O6S. The second-order valence-corrected chi connectivity index (χ2v) is 10.9. The summed E-state index contributed by atoms with van der Waals surface area (Å²) in [5, 5.41) is 0. The number of methoxy groups -OCH3 is 1. The number of nitrogens with zero attached hydrogens (tertiary/aromatic N) is 2. The van der Waals surface area contributed by atoms with Crippen LogP contribution in [0.1, 0.15) is 42.1 Å². The molecule has 226 valence electrons. The maximum Gasteiger partial charge on any atom is 0.337 e.